The van der Waals surface area contributed by atoms with E-state index in [9.17, 15) is 5.11 Å². The quantitative estimate of drug-likeness (QED) is 0.798. The number of aliphatic hydroxyl groups excluding tert-OH is 1. The number of anilines is 1. The van der Waals surface area contributed by atoms with E-state index in [1.165, 1.54) is 5.56 Å². The maximum absolute atomic E-state index is 9.24. The number of hydrogen-bond acceptors (Lipinski definition) is 2. The van der Waals surface area contributed by atoms with E-state index < -0.39 is 0 Å². The van der Waals surface area contributed by atoms with Crippen molar-refractivity contribution in [3.63, 3.8) is 0 Å². The molecule has 0 fully saturated rings. The highest BCUT2D eigenvalue weighted by atomic mass is 16.3. The van der Waals surface area contributed by atoms with Gasteiger partial charge in [-0.1, -0.05) is 39.0 Å². The molecule has 0 saturated heterocycles. The third kappa shape index (κ3) is 3.56. The largest absolute Gasteiger partial charge is 0.392 e. The highest BCUT2D eigenvalue weighted by molar-refractivity contribution is 5.54. The third-order valence-corrected chi connectivity index (χ3v) is 2.32. The predicted molar refractivity (Wildman–Crippen MR) is 65.3 cm³/mol. The van der Waals surface area contributed by atoms with Crippen LogP contribution in [0.1, 0.15) is 33.3 Å². The summed E-state index contributed by atoms with van der Waals surface area (Å²) in [6.45, 7) is 8.95. The molecule has 1 aromatic carbocycles. The smallest absolute Gasteiger partial charge is 0.0684 e. The first kappa shape index (κ1) is 12.1. The molecule has 0 aliphatic rings. The molecule has 15 heavy (non-hydrogen) atoms. The van der Waals surface area contributed by atoms with Crippen LogP contribution in [0, 0.1) is 0 Å². The first-order valence-corrected chi connectivity index (χ1v) is 5.42. The minimum absolute atomic E-state index is 0.127. The van der Waals surface area contributed by atoms with Crippen LogP contribution in [0.5, 0.6) is 0 Å². The molecule has 0 radical (unpaired) electrons. The summed E-state index contributed by atoms with van der Waals surface area (Å²) in [4.78, 5) is 0. The van der Waals surface area contributed by atoms with Crippen LogP contribution in [0.3, 0.4) is 0 Å². The minimum atomic E-state index is -0.321. The minimum Gasteiger partial charge on any atom is -0.392 e. The molecule has 2 nitrogen and oxygen atoms in total. The molecule has 2 heteroatoms. The normalized spacial score (nSPS) is 13.7. The molecule has 0 amide bonds. The van der Waals surface area contributed by atoms with Crippen molar-refractivity contribution < 1.29 is 5.11 Å². The van der Waals surface area contributed by atoms with Gasteiger partial charge in [-0.2, -0.15) is 0 Å². The van der Waals surface area contributed by atoms with Crippen LogP contribution in [0.2, 0.25) is 0 Å². The zero-order chi connectivity index (χ0) is 11.5. The van der Waals surface area contributed by atoms with Gasteiger partial charge in [-0.15, -0.1) is 0 Å². The standard InChI is InChI=1S/C13H21NO/c1-10(15)9-14-12-8-6-5-7-11(12)13(2,3)4/h5-8,10,14-15H,9H2,1-4H3/t10-/m1/s1. The van der Waals surface area contributed by atoms with Crippen molar-refractivity contribution in [3.05, 3.63) is 29.8 Å². The Morgan fingerprint density at radius 1 is 1.27 bits per heavy atom. The van der Waals surface area contributed by atoms with Gasteiger partial charge in [-0.05, 0) is 24.0 Å². The van der Waals surface area contributed by atoms with E-state index in [4.69, 9.17) is 0 Å². The number of rotatable bonds is 3. The van der Waals surface area contributed by atoms with E-state index in [0.717, 1.165) is 5.69 Å². The highest BCUT2D eigenvalue weighted by Crippen LogP contribution is 2.28. The Labute approximate surface area is 92.3 Å². The van der Waals surface area contributed by atoms with Crippen molar-refractivity contribution in [2.45, 2.75) is 39.2 Å². The van der Waals surface area contributed by atoms with Gasteiger partial charge < -0.3 is 10.4 Å². The fourth-order valence-corrected chi connectivity index (χ4v) is 1.55. The maximum atomic E-state index is 9.24. The van der Waals surface area contributed by atoms with E-state index in [1.54, 1.807) is 6.92 Å². The van der Waals surface area contributed by atoms with Crippen molar-refractivity contribution in [1.82, 2.24) is 0 Å². The number of aliphatic hydroxyl groups is 1. The van der Waals surface area contributed by atoms with Crippen LogP contribution in [0.25, 0.3) is 0 Å². The molecule has 0 aromatic heterocycles. The zero-order valence-corrected chi connectivity index (χ0v) is 10.0. The Hall–Kier alpha value is -1.02. The molecule has 0 aliphatic carbocycles. The monoisotopic (exact) mass is 207 g/mol. The van der Waals surface area contributed by atoms with Gasteiger partial charge >= 0.3 is 0 Å². The summed E-state index contributed by atoms with van der Waals surface area (Å²) in [5.41, 5.74) is 2.53. The van der Waals surface area contributed by atoms with E-state index in [2.05, 4.69) is 38.2 Å². The van der Waals surface area contributed by atoms with Gasteiger partial charge in [0, 0.05) is 12.2 Å². The first-order chi connectivity index (χ1) is 6.91. The molecule has 1 atom stereocenters. The Balaban J connectivity index is 2.87. The summed E-state index contributed by atoms with van der Waals surface area (Å²) >= 11 is 0. The van der Waals surface area contributed by atoms with Gasteiger partial charge in [0.1, 0.15) is 0 Å². The lowest BCUT2D eigenvalue weighted by molar-refractivity contribution is 0.208. The van der Waals surface area contributed by atoms with Crippen molar-refractivity contribution in [2.24, 2.45) is 0 Å². The lowest BCUT2D eigenvalue weighted by atomic mass is 9.86. The van der Waals surface area contributed by atoms with Gasteiger partial charge in [0.15, 0.2) is 0 Å². The molecular weight excluding hydrogens is 186 g/mol. The molecule has 0 aliphatic heterocycles. The number of nitrogens with one attached hydrogen (secondary N) is 1. The summed E-state index contributed by atoms with van der Waals surface area (Å²) in [7, 11) is 0. The summed E-state index contributed by atoms with van der Waals surface area (Å²) in [6, 6.07) is 8.25. The average molecular weight is 207 g/mol. The van der Waals surface area contributed by atoms with Crippen molar-refractivity contribution in [2.75, 3.05) is 11.9 Å². The molecule has 0 bridgehead atoms. The van der Waals surface area contributed by atoms with Crippen molar-refractivity contribution in [1.29, 1.82) is 0 Å². The van der Waals surface area contributed by atoms with Crippen LogP contribution in [-0.4, -0.2) is 17.8 Å². The summed E-state index contributed by atoms with van der Waals surface area (Å²) in [5.74, 6) is 0. The van der Waals surface area contributed by atoms with Crippen LogP contribution in [0.15, 0.2) is 24.3 Å². The molecule has 2 N–H and O–H groups in total. The number of para-hydroxylation sites is 1. The molecular formula is C13H21NO. The summed E-state index contributed by atoms with van der Waals surface area (Å²) < 4.78 is 0. The molecule has 0 heterocycles. The maximum Gasteiger partial charge on any atom is 0.0684 e. The Bertz CT molecular complexity index is 313. The van der Waals surface area contributed by atoms with Crippen LogP contribution in [-0.2, 0) is 5.41 Å². The van der Waals surface area contributed by atoms with Crippen LogP contribution < -0.4 is 5.32 Å². The molecule has 0 saturated carbocycles. The lowest BCUT2D eigenvalue weighted by Crippen LogP contribution is -2.19. The first-order valence-electron chi connectivity index (χ1n) is 5.42. The van der Waals surface area contributed by atoms with E-state index >= 15 is 0 Å². The molecule has 1 aromatic rings. The Morgan fingerprint density at radius 2 is 1.87 bits per heavy atom. The van der Waals surface area contributed by atoms with Gasteiger partial charge in [0.05, 0.1) is 6.10 Å². The predicted octanol–water partition coefficient (Wildman–Crippen LogP) is 2.78. The summed E-state index contributed by atoms with van der Waals surface area (Å²) in [6.07, 6.45) is -0.321. The molecule has 1 rings (SSSR count). The van der Waals surface area contributed by atoms with Gasteiger partial charge in [0.25, 0.3) is 0 Å². The average Bonchev–Trinajstić information content (AvgIpc) is 2.13. The molecule has 84 valence electrons. The number of benzene rings is 1. The van der Waals surface area contributed by atoms with Gasteiger partial charge in [0.2, 0.25) is 0 Å². The molecule has 0 spiro atoms. The summed E-state index contributed by atoms with van der Waals surface area (Å²) in [5, 5.41) is 12.5. The fourth-order valence-electron chi connectivity index (χ4n) is 1.55. The lowest BCUT2D eigenvalue weighted by Gasteiger charge is -2.23. The highest BCUT2D eigenvalue weighted by Gasteiger charge is 2.17. The van der Waals surface area contributed by atoms with Crippen molar-refractivity contribution in [3.8, 4) is 0 Å². The second-order valence-electron chi connectivity index (χ2n) is 5.03. The number of hydrogen-bond donors (Lipinski definition) is 2. The second-order valence-corrected chi connectivity index (χ2v) is 5.03. The SMILES string of the molecule is C[C@@H](O)CNc1ccccc1C(C)(C)C. The van der Waals surface area contributed by atoms with E-state index in [1.807, 2.05) is 12.1 Å². The topological polar surface area (TPSA) is 32.3 Å². The second kappa shape index (κ2) is 4.67. The Kier molecular flexibility index (Phi) is 3.75. The third-order valence-electron chi connectivity index (χ3n) is 2.32. The van der Waals surface area contributed by atoms with E-state index in [-0.39, 0.29) is 11.5 Å². The van der Waals surface area contributed by atoms with Gasteiger partial charge in [-0.25, -0.2) is 0 Å². The van der Waals surface area contributed by atoms with Crippen LogP contribution in [0.4, 0.5) is 5.69 Å². The van der Waals surface area contributed by atoms with E-state index in [0.29, 0.717) is 6.54 Å². The zero-order valence-electron chi connectivity index (χ0n) is 10.0. The van der Waals surface area contributed by atoms with Gasteiger partial charge in [-0.3, -0.25) is 0 Å². The fraction of sp³-hybridized carbons (Fsp3) is 0.538. The molecule has 0 unspecified atom stereocenters. The van der Waals surface area contributed by atoms with Crippen LogP contribution >= 0.6 is 0 Å². The van der Waals surface area contributed by atoms with Crippen molar-refractivity contribution >= 4 is 5.69 Å². The Morgan fingerprint density at radius 3 is 2.40 bits per heavy atom.